The lowest BCUT2D eigenvalue weighted by Gasteiger charge is -2.08. The average molecular weight is 228 g/mol. The molecule has 4 heteroatoms. The molecule has 0 fully saturated rings. The standard InChI is InChI=1S/C13H12N2O2/c14-15-13(17)11-8-4-7-10(12(11)16)9-5-2-1-3-6-9/h1-8,16H,14H2,(H,15,17). The molecule has 0 aliphatic heterocycles. The zero-order valence-electron chi connectivity index (χ0n) is 9.05. The Morgan fingerprint density at radius 2 is 1.76 bits per heavy atom. The van der Waals surface area contributed by atoms with Gasteiger partial charge in [0.25, 0.3) is 5.91 Å². The molecule has 1 amide bonds. The predicted octanol–water partition coefficient (Wildman–Crippen LogP) is 1.66. The van der Waals surface area contributed by atoms with Crippen LogP contribution in [0, 0.1) is 0 Å². The maximum Gasteiger partial charge on any atom is 0.268 e. The molecule has 0 saturated carbocycles. The first-order chi connectivity index (χ1) is 8.24. The van der Waals surface area contributed by atoms with Crippen LogP contribution in [0.2, 0.25) is 0 Å². The van der Waals surface area contributed by atoms with Gasteiger partial charge in [0.1, 0.15) is 5.75 Å². The number of nitrogens with one attached hydrogen (secondary N) is 1. The third kappa shape index (κ3) is 2.11. The Morgan fingerprint density at radius 3 is 2.41 bits per heavy atom. The second kappa shape index (κ2) is 4.67. The summed E-state index contributed by atoms with van der Waals surface area (Å²) < 4.78 is 0. The van der Waals surface area contributed by atoms with E-state index in [2.05, 4.69) is 0 Å². The summed E-state index contributed by atoms with van der Waals surface area (Å²) in [6.45, 7) is 0. The van der Waals surface area contributed by atoms with Gasteiger partial charge in [-0.2, -0.15) is 0 Å². The van der Waals surface area contributed by atoms with E-state index in [1.54, 1.807) is 12.1 Å². The first-order valence-electron chi connectivity index (χ1n) is 5.12. The summed E-state index contributed by atoms with van der Waals surface area (Å²) in [4.78, 5) is 11.4. The van der Waals surface area contributed by atoms with Gasteiger partial charge in [-0.05, 0) is 11.6 Å². The molecule has 2 aromatic carbocycles. The van der Waals surface area contributed by atoms with Crippen LogP contribution in [0.1, 0.15) is 10.4 Å². The number of phenols is 1. The van der Waals surface area contributed by atoms with Gasteiger partial charge in [0, 0.05) is 5.56 Å². The molecule has 0 saturated heterocycles. The molecular formula is C13H12N2O2. The summed E-state index contributed by atoms with van der Waals surface area (Å²) in [7, 11) is 0. The van der Waals surface area contributed by atoms with E-state index in [1.165, 1.54) is 6.07 Å². The van der Waals surface area contributed by atoms with Crippen LogP contribution in [0.3, 0.4) is 0 Å². The summed E-state index contributed by atoms with van der Waals surface area (Å²) >= 11 is 0. The van der Waals surface area contributed by atoms with Crippen LogP contribution in [0.4, 0.5) is 0 Å². The van der Waals surface area contributed by atoms with Crippen LogP contribution in [-0.4, -0.2) is 11.0 Å². The number of para-hydroxylation sites is 1. The van der Waals surface area contributed by atoms with Crippen molar-refractivity contribution in [2.24, 2.45) is 5.84 Å². The van der Waals surface area contributed by atoms with E-state index in [-0.39, 0.29) is 11.3 Å². The molecule has 0 aliphatic rings. The van der Waals surface area contributed by atoms with Crippen molar-refractivity contribution >= 4 is 5.91 Å². The normalized spacial score (nSPS) is 9.94. The van der Waals surface area contributed by atoms with Gasteiger partial charge in [-0.1, -0.05) is 42.5 Å². The van der Waals surface area contributed by atoms with Crippen LogP contribution < -0.4 is 11.3 Å². The number of hydrogen-bond acceptors (Lipinski definition) is 3. The van der Waals surface area contributed by atoms with E-state index >= 15 is 0 Å². The van der Waals surface area contributed by atoms with Crippen LogP contribution in [-0.2, 0) is 0 Å². The zero-order chi connectivity index (χ0) is 12.3. The van der Waals surface area contributed by atoms with Crippen LogP contribution in [0.15, 0.2) is 48.5 Å². The fourth-order valence-corrected chi connectivity index (χ4v) is 1.66. The predicted molar refractivity (Wildman–Crippen MR) is 65.2 cm³/mol. The van der Waals surface area contributed by atoms with Gasteiger partial charge in [-0.3, -0.25) is 10.2 Å². The molecule has 4 nitrogen and oxygen atoms in total. The third-order valence-corrected chi connectivity index (χ3v) is 2.50. The quantitative estimate of drug-likeness (QED) is 0.415. The fourth-order valence-electron chi connectivity index (χ4n) is 1.66. The molecule has 0 aromatic heterocycles. The number of carbonyl (C=O) groups is 1. The minimum Gasteiger partial charge on any atom is -0.506 e. The third-order valence-electron chi connectivity index (χ3n) is 2.50. The van der Waals surface area contributed by atoms with Crippen molar-refractivity contribution < 1.29 is 9.90 Å². The number of carbonyl (C=O) groups excluding carboxylic acids is 1. The maximum absolute atomic E-state index is 11.4. The van der Waals surface area contributed by atoms with E-state index in [4.69, 9.17) is 5.84 Å². The Hall–Kier alpha value is -2.33. The summed E-state index contributed by atoms with van der Waals surface area (Å²) in [5.41, 5.74) is 3.61. The molecule has 0 bridgehead atoms. The highest BCUT2D eigenvalue weighted by molar-refractivity contribution is 5.98. The highest BCUT2D eigenvalue weighted by atomic mass is 16.3. The summed E-state index contributed by atoms with van der Waals surface area (Å²) in [6, 6.07) is 14.3. The second-order valence-electron chi connectivity index (χ2n) is 3.54. The number of rotatable bonds is 2. The van der Waals surface area contributed by atoms with Gasteiger partial charge in [-0.15, -0.1) is 0 Å². The largest absolute Gasteiger partial charge is 0.506 e. The second-order valence-corrected chi connectivity index (χ2v) is 3.54. The van der Waals surface area contributed by atoms with Gasteiger partial charge in [0.05, 0.1) is 5.56 Å². The van der Waals surface area contributed by atoms with Crippen LogP contribution >= 0.6 is 0 Å². The molecule has 4 N–H and O–H groups in total. The Morgan fingerprint density at radius 1 is 1.06 bits per heavy atom. The minimum atomic E-state index is -0.514. The smallest absolute Gasteiger partial charge is 0.268 e. The fraction of sp³-hybridized carbons (Fsp3) is 0. The highest BCUT2D eigenvalue weighted by Crippen LogP contribution is 2.31. The first-order valence-corrected chi connectivity index (χ1v) is 5.12. The molecule has 0 heterocycles. The van der Waals surface area contributed by atoms with Crippen molar-refractivity contribution in [2.75, 3.05) is 0 Å². The molecule has 17 heavy (non-hydrogen) atoms. The summed E-state index contributed by atoms with van der Waals surface area (Å²) in [5, 5.41) is 10.0. The number of benzene rings is 2. The topological polar surface area (TPSA) is 75.3 Å². The molecule has 86 valence electrons. The molecule has 0 unspecified atom stereocenters. The molecule has 0 spiro atoms. The van der Waals surface area contributed by atoms with Crippen molar-refractivity contribution in [2.45, 2.75) is 0 Å². The molecular weight excluding hydrogens is 216 g/mol. The maximum atomic E-state index is 11.4. The summed E-state index contributed by atoms with van der Waals surface area (Å²) in [5.74, 6) is 4.47. The lowest BCUT2D eigenvalue weighted by Crippen LogP contribution is -2.30. The van der Waals surface area contributed by atoms with E-state index in [9.17, 15) is 9.90 Å². The van der Waals surface area contributed by atoms with Crippen molar-refractivity contribution in [3.05, 3.63) is 54.1 Å². The van der Waals surface area contributed by atoms with Crippen LogP contribution in [0.5, 0.6) is 5.75 Å². The van der Waals surface area contributed by atoms with Crippen molar-refractivity contribution in [1.29, 1.82) is 0 Å². The monoisotopic (exact) mass is 228 g/mol. The Balaban J connectivity index is 2.54. The SMILES string of the molecule is NNC(=O)c1cccc(-c2ccccc2)c1O. The molecule has 2 rings (SSSR count). The van der Waals surface area contributed by atoms with Gasteiger partial charge in [0.15, 0.2) is 0 Å². The number of phenolic OH excluding ortho intramolecular Hbond substituents is 1. The van der Waals surface area contributed by atoms with E-state index in [0.717, 1.165) is 5.56 Å². The van der Waals surface area contributed by atoms with Crippen molar-refractivity contribution in [1.82, 2.24) is 5.43 Å². The molecule has 0 atom stereocenters. The number of amides is 1. The number of aromatic hydroxyl groups is 1. The zero-order valence-corrected chi connectivity index (χ0v) is 9.05. The highest BCUT2D eigenvalue weighted by Gasteiger charge is 2.13. The minimum absolute atomic E-state index is 0.0679. The number of nitrogens with two attached hydrogens (primary N) is 1. The van der Waals surface area contributed by atoms with Gasteiger partial charge in [-0.25, -0.2) is 5.84 Å². The van der Waals surface area contributed by atoms with Gasteiger partial charge < -0.3 is 5.11 Å². The molecule has 2 aromatic rings. The van der Waals surface area contributed by atoms with E-state index in [0.29, 0.717) is 5.56 Å². The molecule has 0 aliphatic carbocycles. The first kappa shape index (κ1) is 11.2. The van der Waals surface area contributed by atoms with E-state index < -0.39 is 5.91 Å². The number of hydrazine groups is 1. The Bertz CT molecular complexity index is 538. The van der Waals surface area contributed by atoms with Crippen molar-refractivity contribution in [3.63, 3.8) is 0 Å². The van der Waals surface area contributed by atoms with E-state index in [1.807, 2.05) is 35.8 Å². The van der Waals surface area contributed by atoms with Gasteiger partial charge in [0.2, 0.25) is 0 Å². The number of hydrogen-bond donors (Lipinski definition) is 3. The molecule has 0 radical (unpaired) electrons. The Labute approximate surface area is 98.7 Å². The lowest BCUT2D eigenvalue weighted by atomic mass is 10.0. The van der Waals surface area contributed by atoms with Crippen molar-refractivity contribution in [3.8, 4) is 16.9 Å². The lowest BCUT2D eigenvalue weighted by molar-refractivity contribution is 0.0951. The summed E-state index contributed by atoms with van der Waals surface area (Å²) in [6.07, 6.45) is 0. The van der Waals surface area contributed by atoms with Crippen LogP contribution in [0.25, 0.3) is 11.1 Å². The Kier molecular flexibility index (Phi) is 3.07. The average Bonchev–Trinajstić information content (AvgIpc) is 2.39. The van der Waals surface area contributed by atoms with Gasteiger partial charge >= 0.3 is 0 Å². The number of nitrogen functional groups attached to an aromatic ring is 1.